The highest BCUT2D eigenvalue weighted by Crippen LogP contribution is 2.49. The Labute approximate surface area is 253 Å². The molecule has 5 aromatic carbocycles. The third-order valence-electron chi connectivity index (χ3n) is 8.41. The number of hydrogen-bond acceptors (Lipinski definition) is 5. The summed E-state index contributed by atoms with van der Waals surface area (Å²) in [6.07, 6.45) is 0. The average molecular weight is 585 g/mol. The minimum absolute atomic E-state index is 0.683. The van der Waals surface area contributed by atoms with Gasteiger partial charge in [0, 0.05) is 37.4 Å². The predicted molar refractivity (Wildman–Crippen MR) is 182 cm³/mol. The molecule has 0 bridgehead atoms. The molecule has 0 saturated heterocycles. The van der Waals surface area contributed by atoms with Gasteiger partial charge in [-0.05, 0) is 22.9 Å². The van der Waals surface area contributed by atoms with Crippen LogP contribution in [0.25, 0.3) is 91.1 Å². The molecule has 4 nitrogen and oxygen atoms in total. The van der Waals surface area contributed by atoms with E-state index in [-0.39, 0.29) is 0 Å². The second-order valence-electron chi connectivity index (χ2n) is 10.8. The summed E-state index contributed by atoms with van der Waals surface area (Å²) in [7, 11) is 0. The van der Waals surface area contributed by atoms with Gasteiger partial charge >= 0.3 is 0 Å². The minimum atomic E-state index is 0.683. The van der Waals surface area contributed by atoms with E-state index in [4.69, 9.17) is 15.0 Å². The van der Waals surface area contributed by atoms with Crippen molar-refractivity contribution in [2.24, 2.45) is 0 Å². The highest BCUT2D eigenvalue weighted by Gasteiger charge is 2.23. The van der Waals surface area contributed by atoms with Crippen LogP contribution in [0, 0.1) is 0 Å². The Kier molecular flexibility index (Phi) is 4.72. The second kappa shape index (κ2) is 8.67. The molecule has 43 heavy (non-hydrogen) atoms. The zero-order chi connectivity index (χ0) is 28.1. The summed E-state index contributed by atoms with van der Waals surface area (Å²) < 4.78 is 5.03. The number of hydrogen-bond donors (Lipinski definition) is 0. The van der Waals surface area contributed by atoms with Crippen LogP contribution in [0.1, 0.15) is 0 Å². The van der Waals surface area contributed by atoms with Gasteiger partial charge in [-0.15, -0.1) is 22.7 Å². The van der Waals surface area contributed by atoms with Crippen LogP contribution in [0.5, 0.6) is 0 Å². The molecule has 10 rings (SSSR count). The van der Waals surface area contributed by atoms with E-state index < -0.39 is 0 Å². The van der Waals surface area contributed by atoms with E-state index >= 15 is 0 Å². The molecule has 0 radical (unpaired) electrons. The first-order valence-electron chi connectivity index (χ1n) is 14.2. The van der Waals surface area contributed by atoms with Crippen LogP contribution >= 0.6 is 22.7 Å². The van der Waals surface area contributed by atoms with Gasteiger partial charge in [0.15, 0.2) is 17.5 Å². The van der Waals surface area contributed by atoms with E-state index in [1.54, 1.807) is 11.3 Å². The van der Waals surface area contributed by atoms with Crippen molar-refractivity contribution in [3.8, 4) is 33.5 Å². The van der Waals surface area contributed by atoms with E-state index in [0.717, 1.165) is 16.0 Å². The normalized spacial score (nSPS) is 12.2. The molecule has 0 N–H and O–H groups in total. The molecule has 0 fully saturated rings. The Bertz CT molecular complexity index is 2610. The lowest BCUT2D eigenvalue weighted by Crippen LogP contribution is -1.99. The number of pyridine rings is 1. The molecule has 0 saturated carbocycles. The van der Waals surface area contributed by atoms with Gasteiger partial charge in [0.25, 0.3) is 0 Å². The summed E-state index contributed by atoms with van der Waals surface area (Å²) in [4.78, 5) is 17.3. The second-order valence-corrected chi connectivity index (χ2v) is 12.9. The lowest BCUT2D eigenvalue weighted by atomic mass is 10.0. The first-order chi connectivity index (χ1) is 21.3. The number of benzene rings is 5. The first kappa shape index (κ1) is 23.4. The number of fused-ring (bicyclic) bond motifs is 8. The molecule has 10 aromatic rings. The van der Waals surface area contributed by atoms with E-state index in [9.17, 15) is 0 Å². The molecule has 0 aliphatic heterocycles. The van der Waals surface area contributed by atoms with Crippen LogP contribution in [-0.4, -0.2) is 19.4 Å². The summed E-state index contributed by atoms with van der Waals surface area (Å²) in [6.45, 7) is 0. The maximum absolute atomic E-state index is 5.01. The number of rotatable bonds is 3. The maximum Gasteiger partial charge on any atom is 0.174 e. The summed E-state index contributed by atoms with van der Waals surface area (Å²) in [5.41, 5.74) is 4.53. The zero-order valence-electron chi connectivity index (χ0n) is 22.7. The summed E-state index contributed by atoms with van der Waals surface area (Å²) in [6, 6.07) is 42.7. The van der Waals surface area contributed by atoms with Gasteiger partial charge in [-0.2, -0.15) is 0 Å². The highest BCUT2D eigenvalue weighted by atomic mass is 32.1. The van der Waals surface area contributed by atoms with Crippen molar-refractivity contribution in [1.29, 1.82) is 0 Å². The van der Waals surface area contributed by atoms with Crippen LogP contribution in [0.4, 0.5) is 0 Å². The van der Waals surface area contributed by atoms with Gasteiger partial charge < -0.3 is 0 Å². The summed E-state index contributed by atoms with van der Waals surface area (Å²) in [5, 5.41) is 7.82. The molecule has 0 aliphatic carbocycles. The molecule has 200 valence electrons. The molecule has 6 heteroatoms. The topological polar surface area (TPSA) is 43.1 Å². The Morgan fingerprint density at radius 2 is 1.19 bits per heavy atom. The Hall–Kier alpha value is -5.17. The van der Waals surface area contributed by atoms with Gasteiger partial charge in [0.1, 0.15) is 4.83 Å². The zero-order valence-corrected chi connectivity index (χ0v) is 24.3. The largest absolute Gasteiger partial charge is 0.299 e. The van der Waals surface area contributed by atoms with Gasteiger partial charge in [-0.25, -0.2) is 15.0 Å². The molecule has 0 unspecified atom stereocenters. The molecule has 0 spiro atoms. The number of aromatic nitrogens is 4. The standard InChI is InChI=1S/C37H20N4S2/c1-3-10-22(11-4-1)34-38-35(23-12-5-2-6-13-23)40-36(39-34)29-20-28-33(42-29)31-26-16-9-14-21-18-19-25-24-15-7-8-17-27(24)41(37(31)43-28)32(25)30(21)26/h1-20H. The molecule has 5 heterocycles. The number of thiophene rings is 2. The van der Waals surface area contributed by atoms with Gasteiger partial charge in [0.05, 0.1) is 20.6 Å². The van der Waals surface area contributed by atoms with Gasteiger partial charge in [-0.3, -0.25) is 4.40 Å². The van der Waals surface area contributed by atoms with Crippen molar-refractivity contribution in [1.82, 2.24) is 19.4 Å². The first-order valence-corrected chi connectivity index (χ1v) is 15.8. The third kappa shape index (κ3) is 3.27. The fourth-order valence-corrected chi connectivity index (χ4v) is 9.16. The SMILES string of the molecule is c1ccc(-c2nc(-c3ccccc3)nc(-c3cc4sc5c(c6cccc7ccc8c9ccccc9n5c8c76)c4s3)n2)cc1. The van der Waals surface area contributed by atoms with E-state index in [1.807, 2.05) is 47.7 Å². The van der Waals surface area contributed by atoms with E-state index in [2.05, 4.69) is 89.3 Å². The lowest BCUT2D eigenvalue weighted by Gasteiger charge is -2.10. The molecular formula is C37H20N4S2. The van der Waals surface area contributed by atoms with Crippen LogP contribution in [0.2, 0.25) is 0 Å². The van der Waals surface area contributed by atoms with Gasteiger partial charge in [0.2, 0.25) is 0 Å². The van der Waals surface area contributed by atoms with Crippen molar-refractivity contribution < 1.29 is 0 Å². The van der Waals surface area contributed by atoms with Crippen molar-refractivity contribution >= 4 is 80.3 Å². The Balaban J connectivity index is 1.28. The summed E-state index contributed by atoms with van der Waals surface area (Å²) >= 11 is 3.64. The molecular weight excluding hydrogens is 565 g/mol. The highest BCUT2D eigenvalue weighted by molar-refractivity contribution is 7.34. The molecule has 0 amide bonds. The quantitative estimate of drug-likeness (QED) is 0.207. The van der Waals surface area contributed by atoms with Crippen LogP contribution in [-0.2, 0) is 0 Å². The average Bonchev–Trinajstić information content (AvgIpc) is 3.75. The van der Waals surface area contributed by atoms with Crippen LogP contribution in [0.15, 0.2) is 121 Å². The van der Waals surface area contributed by atoms with Crippen molar-refractivity contribution in [3.63, 3.8) is 0 Å². The lowest BCUT2D eigenvalue weighted by molar-refractivity contribution is 1.08. The third-order valence-corrected chi connectivity index (χ3v) is 10.8. The van der Waals surface area contributed by atoms with Crippen molar-refractivity contribution in [3.05, 3.63) is 121 Å². The van der Waals surface area contributed by atoms with Crippen molar-refractivity contribution in [2.75, 3.05) is 0 Å². The Morgan fingerprint density at radius 1 is 0.512 bits per heavy atom. The smallest absolute Gasteiger partial charge is 0.174 e. The fourth-order valence-electron chi connectivity index (χ4n) is 6.55. The monoisotopic (exact) mass is 584 g/mol. The maximum atomic E-state index is 5.01. The van der Waals surface area contributed by atoms with Gasteiger partial charge in [-0.1, -0.05) is 109 Å². The fraction of sp³-hybridized carbons (Fsp3) is 0. The molecule has 0 aliphatic rings. The Morgan fingerprint density at radius 3 is 1.95 bits per heavy atom. The number of para-hydroxylation sites is 1. The number of nitrogens with zero attached hydrogens (tertiary/aromatic N) is 4. The summed E-state index contributed by atoms with van der Waals surface area (Å²) in [5.74, 6) is 2.07. The van der Waals surface area contributed by atoms with Crippen LogP contribution in [0.3, 0.4) is 0 Å². The van der Waals surface area contributed by atoms with E-state index in [1.165, 1.54) is 57.6 Å². The predicted octanol–water partition coefficient (Wildman–Crippen LogP) is 10.5. The van der Waals surface area contributed by atoms with Crippen LogP contribution < -0.4 is 0 Å². The van der Waals surface area contributed by atoms with Crippen molar-refractivity contribution in [2.45, 2.75) is 0 Å². The molecule has 5 aromatic heterocycles. The molecule has 0 atom stereocenters. The van der Waals surface area contributed by atoms with E-state index in [0.29, 0.717) is 17.5 Å². The minimum Gasteiger partial charge on any atom is -0.299 e.